The van der Waals surface area contributed by atoms with E-state index in [9.17, 15) is 30.3 Å². The molecule has 3 rings (SSSR count). The number of rotatable bonds is 3. The van der Waals surface area contributed by atoms with E-state index in [4.69, 9.17) is 13.9 Å². The first-order valence-electron chi connectivity index (χ1n) is 7.19. The fourth-order valence-electron chi connectivity index (χ4n) is 2.55. The van der Waals surface area contributed by atoms with E-state index in [1.807, 2.05) is 0 Å². The van der Waals surface area contributed by atoms with Crippen LogP contribution in [0.4, 0.5) is 0 Å². The van der Waals surface area contributed by atoms with Crippen LogP contribution in [0.1, 0.15) is 0 Å². The molecule has 136 valence electrons. The molecule has 0 fully saturated rings. The molecule has 2 aromatic carbocycles. The summed E-state index contributed by atoms with van der Waals surface area (Å²) in [6.45, 7) is 0. The highest BCUT2D eigenvalue weighted by molar-refractivity contribution is 5.96. The quantitative estimate of drug-likeness (QED) is 0.441. The van der Waals surface area contributed by atoms with Crippen molar-refractivity contribution in [1.82, 2.24) is 0 Å². The highest BCUT2D eigenvalue weighted by Gasteiger charge is 2.27. The maximum Gasteiger partial charge on any atom is 0.239 e. The van der Waals surface area contributed by atoms with Crippen LogP contribution in [0.15, 0.2) is 27.4 Å². The predicted molar refractivity (Wildman–Crippen MR) is 89.3 cm³/mol. The number of fused-ring (bicyclic) bond motifs is 1. The Hall–Kier alpha value is -3.75. The first-order valence-corrected chi connectivity index (χ1v) is 7.19. The average Bonchev–Trinajstić information content (AvgIpc) is 2.63. The van der Waals surface area contributed by atoms with Crippen molar-refractivity contribution in [1.29, 1.82) is 0 Å². The fourth-order valence-corrected chi connectivity index (χ4v) is 2.55. The SMILES string of the molecule is COc1cc(-c2oc3c(OC)c(O)c(O)c(O)c3c(=O)c2O)ccc1O. The van der Waals surface area contributed by atoms with Gasteiger partial charge in [-0.1, -0.05) is 0 Å². The number of phenols is 4. The Morgan fingerprint density at radius 3 is 2.19 bits per heavy atom. The molecule has 0 radical (unpaired) electrons. The maximum atomic E-state index is 12.5. The van der Waals surface area contributed by atoms with Gasteiger partial charge in [0, 0.05) is 5.56 Å². The van der Waals surface area contributed by atoms with Gasteiger partial charge in [-0.05, 0) is 18.2 Å². The number of hydrogen-bond acceptors (Lipinski definition) is 9. The molecule has 9 heteroatoms. The molecular formula is C17H14O9. The molecule has 0 unspecified atom stereocenters. The van der Waals surface area contributed by atoms with E-state index in [2.05, 4.69) is 0 Å². The maximum absolute atomic E-state index is 12.5. The summed E-state index contributed by atoms with van der Waals surface area (Å²) >= 11 is 0. The van der Waals surface area contributed by atoms with E-state index in [-0.39, 0.29) is 28.4 Å². The van der Waals surface area contributed by atoms with Crippen molar-refractivity contribution >= 4 is 11.0 Å². The molecule has 3 aromatic rings. The van der Waals surface area contributed by atoms with Gasteiger partial charge < -0.3 is 39.4 Å². The fraction of sp³-hybridized carbons (Fsp3) is 0.118. The molecule has 0 amide bonds. The van der Waals surface area contributed by atoms with E-state index >= 15 is 0 Å². The van der Waals surface area contributed by atoms with E-state index in [0.29, 0.717) is 0 Å². The molecule has 5 N–H and O–H groups in total. The molecule has 0 saturated heterocycles. The minimum Gasteiger partial charge on any atom is -0.504 e. The molecule has 9 nitrogen and oxygen atoms in total. The third-order valence-electron chi connectivity index (χ3n) is 3.84. The van der Waals surface area contributed by atoms with Crippen molar-refractivity contribution in [3.63, 3.8) is 0 Å². The first kappa shape index (κ1) is 17.1. The number of benzene rings is 2. The molecule has 0 aliphatic carbocycles. The summed E-state index contributed by atoms with van der Waals surface area (Å²) in [6, 6.07) is 3.93. The van der Waals surface area contributed by atoms with Crippen LogP contribution in [0.3, 0.4) is 0 Å². The molecular weight excluding hydrogens is 348 g/mol. The minimum atomic E-state index is -1.06. The second-order valence-electron chi connectivity index (χ2n) is 5.28. The summed E-state index contributed by atoms with van der Waals surface area (Å²) in [4.78, 5) is 12.5. The predicted octanol–water partition coefficient (Wildman–Crippen LogP) is 2.01. The summed E-state index contributed by atoms with van der Waals surface area (Å²) in [5, 5.41) is 48.9. The molecule has 0 aliphatic heterocycles. The normalized spacial score (nSPS) is 10.8. The first-order chi connectivity index (χ1) is 12.3. The molecule has 0 atom stereocenters. The second kappa shape index (κ2) is 5.96. The van der Waals surface area contributed by atoms with Gasteiger partial charge in [-0.15, -0.1) is 0 Å². The van der Waals surface area contributed by atoms with E-state index in [1.54, 1.807) is 0 Å². The van der Waals surface area contributed by atoms with Crippen molar-refractivity contribution in [2.75, 3.05) is 14.2 Å². The lowest BCUT2D eigenvalue weighted by atomic mass is 10.1. The largest absolute Gasteiger partial charge is 0.504 e. The average molecular weight is 362 g/mol. The van der Waals surface area contributed by atoms with Crippen molar-refractivity contribution in [2.24, 2.45) is 0 Å². The molecule has 0 bridgehead atoms. The topological polar surface area (TPSA) is 150 Å². The zero-order valence-electron chi connectivity index (χ0n) is 13.6. The highest BCUT2D eigenvalue weighted by atomic mass is 16.5. The summed E-state index contributed by atoms with van der Waals surface area (Å²) in [6.07, 6.45) is 0. The Labute approximate surface area is 145 Å². The van der Waals surface area contributed by atoms with Gasteiger partial charge in [-0.2, -0.15) is 0 Å². The van der Waals surface area contributed by atoms with E-state index < -0.39 is 39.6 Å². The van der Waals surface area contributed by atoms with Gasteiger partial charge >= 0.3 is 0 Å². The van der Waals surface area contributed by atoms with Crippen LogP contribution in [0.2, 0.25) is 0 Å². The molecule has 26 heavy (non-hydrogen) atoms. The van der Waals surface area contributed by atoms with E-state index in [0.717, 1.165) is 7.11 Å². The van der Waals surface area contributed by atoms with Gasteiger partial charge in [-0.25, -0.2) is 0 Å². The van der Waals surface area contributed by atoms with Crippen LogP contribution in [-0.2, 0) is 0 Å². The molecule has 0 saturated carbocycles. The van der Waals surface area contributed by atoms with Gasteiger partial charge in [0.2, 0.25) is 28.4 Å². The lowest BCUT2D eigenvalue weighted by Crippen LogP contribution is -2.04. The minimum absolute atomic E-state index is 0.0630. The van der Waals surface area contributed by atoms with Gasteiger partial charge in [0.15, 0.2) is 28.6 Å². The lowest BCUT2D eigenvalue weighted by molar-refractivity contribution is 0.335. The van der Waals surface area contributed by atoms with Gasteiger partial charge in [0.25, 0.3) is 0 Å². The highest BCUT2D eigenvalue weighted by Crippen LogP contribution is 2.49. The number of aromatic hydroxyl groups is 5. The summed E-state index contributed by atoms with van der Waals surface area (Å²) in [5.74, 6) is -4.46. The Balaban J connectivity index is 2.45. The van der Waals surface area contributed by atoms with Crippen LogP contribution >= 0.6 is 0 Å². The third-order valence-corrected chi connectivity index (χ3v) is 3.84. The molecule has 1 aromatic heterocycles. The summed E-state index contributed by atoms with van der Waals surface area (Å²) in [7, 11) is 2.47. The number of ether oxygens (including phenoxy) is 2. The van der Waals surface area contributed by atoms with Crippen molar-refractivity contribution in [3.8, 4) is 51.6 Å². The van der Waals surface area contributed by atoms with Crippen LogP contribution in [-0.4, -0.2) is 39.8 Å². The van der Waals surface area contributed by atoms with Crippen LogP contribution < -0.4 is 14.9 Å². The number of hydrogen-bond donors (Lipinski definition) is 5. The Morgan fingerprint density at radius 1 is 0.885 bits per heavy atom. The van der Waals surface area contributed by atoms with Crippen LogP contribution in [0.25, 0.3) is 22.3 Å². The Kier molecular flexibility index (Phi) is 3.91. The van der Waals surface area contributed by atoms with Crippen LogP contribution in [0.5, 0.6) is 40.2 Å². The lowest BCUT2D eigenvalue weighted by Gasteiger charge is -2.13. The number of methoxy groups -OCH3 is 2. The molecule has 1 heterocycles. The molecule has 0 aliphatic rings. The standard InChI is InChI=1S/C17H14O9/c1-24-8-5-6(3-4-7(8)18)15-13(22)11(20)9-10(19)12(21)14(23)17(25-2)16(9)26-15/h3-5,18-19,21-23H,1-2H3. The monoisotopic (exact) mass is 362 g/mol. The van der Waals surface area contributed by atoms with Crippen molar-refractivity contribution < 1.29 is 39.4 Å². The Morgan fingerprint density at radius 2 is 1.58 bits per heavy atom. The molecule has 0 spiro atoms. The van der Waals surface area contributed by atoms with Crippen LogP contribution in [0, 0.1) is 0 Å². The van der Waals surface area contributed by atoms with E-state index in [1.165, 1.54) is 25.3 Å². The third kappa shape index (κ3) is 2.29. The smallest absolute Gasteiger partial charge is 0.239 e. The van der Waals surface area contributed by atoms with Gasteiger partial charge in [0.05, 0.1) is 14.2 Å². The van der Waals surface area contributed by atoms with Gasteiger partial charge in [-0.3, -0.25) is 4.79 Å². The van der Waals surface area contributed by atoms with Crippen molar-refractivity contribution in [2.45, 2.75) is 0 Å². The van der Waals surface area contributed by atoms with Gasteiger partial charge in [0.1, 0.15) is 5.39 Å². The zero-order chi connectivity index (χ0) is 19.2. The second-order valence-corrected chi connectivity index (χ2v) is 5.28. The Bertz CT molecular complexity index is 1080. The summed E-state index contributed by atoms with van der Waals surface area (Å²) < 4.78 is 15.4. The number of phenolic OH excluding ortho intramolecular Hbond substituents is 4. The zero-order valence-corrected chi connectivity index (χ0v) is 13.6. The van der Waals surface area contributed by atoms with Crippen molar-refractivity contribution in [3.05, 3.63) is 28.4 Å². The summed E-state index contributed by atoms with van der Waals surface area (Å²) in [5.41, 5.74) is -1.27.